The minimum absolute atomic E-state index is 0.661. The molecule has 2 rings (SSSR count). The third-order valence-corrected chi connectivity index (χ3v) is 2.78. The zero-order valence-electron chi connectivity index (χ0n) is 8.97. The molecule has 0 aliphatic carbocycles. The molecule has 1 unspecified atom stereocenters. The topological polar surface area (TPSA) is 63.3 Å². The molecule has 0 radical (unpaired) electrons. The van der Waals surface area contributed by atoms with Crippen molar-refractivity contribution in [2.24, 2.45) is 5.73 Å². The lowest BCUT2D eigenvalue weighted by molar-refractivity contribution is -0.138. The highest BCUT2D eigenvalue weighted by Gasteiger charge is 2.16. The monoisotopic (exact) mass is 215 g/mol. The zero-order chi connectivity index (χ0) is 11.7. The van der Waals surface area contributed by atoms with Gasteiger partial charge in [0.1, 0.15) is 6.04 Å². The number of carboxylic acid groups (broad SMARTS) is 1. The van der Waals surface area contributed by atoms with Gasteiger partial charge in [0.25, 0.3) is 0 Å². The van der Waals surface area contributed by atoms with Gasteiger partial charge in [-0.1, -0.05) is 36.4 Å². The van der Waals surface area contributed by atoms with Crippen LogP contribution in [0.15, 0.2) is 36.4 Å². The molecule has 1 atom stereocenters. The molecule has 0 saturated heterocycles. The van der Waals surface area contributed by atoms with Crippen molar-refractivity contribution in [2.75, 3.05) is 0 Å². The lowest BCUT2D eigenvalue weighted by Crippen LogP contribution is -2.20. The van der Waals surface area contributed by atoms with Gasteiger partial charge in [0.2, 0.25) is 0 Å². The summed E-state index contributed by atoms with van der Waals surface area (Å²) in [6.07, 6.45) is 0. The van der Waals surface area contributed by atoms with Crippen LogP contribution in [0, 0.1) is 6.92 Å². The lowest BCUT2D eigenvalue weighted by Gasteiger charge is -2.12. The molecule has 0 amide bonds. The third-order valence-electron chi connectivity index (χ3n) is 2.78. The lowest BCUT2D eigenvalue weighted by atomic mass is 9.96. The Morgan fingerprint density at radius 2 is 1.81 bits per heavy atom. The van der Waals surface area contributed by atoms with Gasteiger partial charge in [0.05, 0.1) is 0 Å². The van der Waals surface area contributed by atoms with Crippen LogP contribution in [0.25, 0.3) is 10.8 Å². The highest BCUT2D eigenvalue weighted by molar-refractivity contribution is 5.92. The summed E-state index contributed by atoms with van der Waals surface area (Å²) >= 11 is 0. The van der Waals surface area contributed by atoms with Gasteiger partial charge in [-0.3, -0.25) is 4.79 Å². The smallest absolute Gasteiger partial charge is 0.325 e. The number of aryl methyl sites for hydroxylation is 1. The molecule has 0 aliphatic rings. The van der Waals surface area contributed by atoms with E-state index in [1.165, 1.54) is 0 Å². The standard InChI is InChI=1S/C13H13NO2/c1-8-6-7-11(12(14)13(15)16)10-5-3-2-4-9(8)10/h2-7,12H,14H2,1H3,(H,15,16). The zero-order valence-corrected chi connectivity index (χ0v) is 8.97. The number of aliphatic carboxylic acids is 1. The molecule has 3 N–H and O–H groups in total. The molecule has 82 valence electrons. The van der Waals surface area contributed by atoms with E-state index in [1.807, 2.05) is 37.3 Å². The van der Waals surface area contributed by atoms with E-state index in [0.717, 1.165) is 16.3 Å². The Kier molecular flexibility index (Phi) is 2.62. The Bertz CT molecular complexity index is 549. The molecule has 0 fully saturated rings. The van der Waals surface area contributed by atoms with Gasteiger partial charge >= 0.3 is 5.97 Å². The summed E-state index contributed by atoms with van der Waals surface area (Å²) in [5.74, 6) is -1.01. The summed E-state index contributed by atoms with van der Waals surface area (Å²) in [4.78, 5) is 10.9. The number of fused-ring (bicyclic) bond motifs is 1. The van der Waals surface area contributed by atoms with E-state index in [2.05, 4.69) is 0 Å². The van der Waals surface area contributed by atoms with Crippen LogP contribution < -0.4 is 5.73 Å². The van der Waals surface area contributed by atoms with E-state index >= 15 is 0 Å². The fourth-order valence-electron chi connectivity index (χ4n) is 1.88. The summed E-state index contributed by atoms with van der Waals surface area (Å²) in [7, 11) is 0. The Hall–Kier alpha value is -1.87. The van der Waals surface area contributed by atoms with Crippen LogP contribution in [0.2, 0.25) is 0 Å². The highest BCUT2D eigenvalue weighted by atomic mass is 16.4. The van der Waals surface area contributed by atoms with Crippen LogP contribution in [0.1, 0.15) is 17.2 Å². The van der Waals surface area contributed by atoms with E-state index < -0.39 is 12.0 Å². The van der Waals surface area contributed by atoms with Crippen LogP contribution in [-0.2, 0) is 4.79 Å². The molecule has 0 aliphatic heterocycles. The van der Waals surface area contributed by atoms with Crippen LogP contribution in [0.4, 0.5) is 0 Å². The second-order valence-electron chi connectivity index (χ2n) is 3.83. The van der Waals surface area contributed by atoms with Crippen molar-refractivity contribution in [1.82, 2.24) is 0 Å². The second kappa shape index (κ2) is 3.94. The molecule has 0 saturated carbocycles. The van der Waals surface area contributed by atoms with Gasteiger partial charge in [-0.05, 0) is 28.8 Å². The third kappa shape index (κ3) is 1.66. The minimum Gasteiger partial charge on any atom is -0.480 e. The van der Waals surface area contributed by atoms with Crippen molar-refractivity contribution in [3.8, 4) is 0 Å². The van der Waals surface area contributed by atoms with Gasteiger partial charge in [0.15, 0.2) is 0 Å². The highest BCUT2D eigenvalue weighted by Crippen LogP contribution is 2.25. The maximum Gasteiger partial charge on any atom is 0.325 e. The van der Waals surface area contributed by atoms with Crippen molar-refractivity contribution in [3.63, 3.8) is 0 Å². The first-order valence-electron chi connectivity index (χ1n) is 5.08. The van der Waals surface area contributed by atoms with Crippen molar-refractivity contribution in [2.45, 2.75) is 13.0 Å². The van der Waals surface area contributed by atoms with Gasteiger partial charge in [-0.25, -0.2) is 0 Å². The van der Waals surface area contributed by atoms with E-state index in [4.69, 9.17) is 10.8 Å². The Labute approximate surface area is 93.5 Å². The van der Waals surface area contributed by atoms with Crippen LogP contribution in [0.3, 0.4) is 0 Å². The number of rotatable bonds is 2. The summed E-state index contributed by atoms with van der Waals surface area (Å²) < 4.78 is 0. The number of benzene rings is 2. The minimum atomic E-state index is -1.01. The first-order valence-corrected chi connectivity index (χ1v) is 5.08. The average molecular weight is 215 g/mol. The van der Waals surface area contributed by atoms with E-state index in [-0.39, 0.29) is 0 Å². The summed E-state index contributed by atoms with van der Waals surface area (Å²) in [6, 6.07) is 10.4. The van der Waals surface area contributed by atoms with E-state index in [9.17, 15) is 4.79 Å². The van der Waals surface area contributed by atoms with Crippen LogP contribution >= 0.6 is 0 Å². The quantitative estimate of drug-likeness (QED) is 0.807. The SMILES string of the molecule is Cc1ccc(C(N)C(=O)O)c2ccccc12. The molecule has 0 heterocycles. The predicted molar refractivity (Wildman–Crippen MR) is 63.2 cm³/mol. The number of hydrogen-bond acceptors (Lipinski definition) is 2. The summed E-state index contributed by atoms with van der Waals surface area (Å²) in [5, 5.41) is 10.9. The molecule has 0 bridgehead atoms. The molecule has 3 heteroatoms. The van der Waals surface area contributed by atoms with Crippen LogP contribution in [0.5, 0.6) is 0 Å². The molecule has 2 aromatic rings. The molecular formula is C13H13NO2. The maximum atomic E-state index is 10.9. The van der Waals surface area contributed by atoms with Crippen molar-refractivity contribution in [1.29, 1.82) is 0 Å². The molecule has 0 spiro atoms. The van der Waals surface area contributed by atoms with E-state index in [1.54, 1.807) is 6.07 Å². The number of carbonyl (C=O) groups is 1. The number of carboxylic acids is 1. The van der Waals surface area contributed by atoms with Gasteiger partial charge in [-0.15, -0.1) is 0 Å². The fraction of sp³-hybridized carbons (Fsp3) is 0.154. The number of hydrogen-bond donors (Lipinski definition) is 2. The molecular weight excluding hydrogens is 202 g/mol. The molecule has 2 aromatic carbocycles. The maximum absolute atomic E-state index is 10.9. The van der Waals surface area contributed by atoms with Crippen molar-refractivity contribution in [3.05, 3.63) is 47.5 Å². The van der Waals surface area contributed by atoms with Crippen LogP contribution in [-0.4, -0.2) is 11.1 Å². The fourth-order valence-corrected chi connectivity index (χ4v) is 1.88. The predicted octanol–water partition coefficient (Wildman–Crippen LogP) is 2.23. The normalized spacial score (nSPS) is 12.6. The largest absolute Gasteiger partial charge is 0.480 e. The summed E-state index contributed by atoms with van der Waals surface area (Å²) in [5.41, 5.74) is 7.44. The van der Waals surface area contributed by atoms with Gasteiger partial charge in [-0.2, -0.15) is 0 Å². The molecule has 0 aromatic heterocycles. The first kappa shape index (κ1) is 10.6. The van der Waals surface area contributed by atoms with E-state index in [0.29, 0.717) is 5.56 Å². The summed E-state index contributed by atoms with van der Waals surface area (Å²) in [6.45, 7) is 2.00. The molecule has 16 heavy (non-hydrogen) atoms. The second-order valence-corrected chi connectivity index (χ2v) is 3.83. The first-order chi connectivity index (χ1) is 7.61. The van der Waals surface area contributed by atoms with Gasteiger partial charge < -0.3 is 10.8 Å². The van der Waals surface area contributed by atoms with Crippen molar-refractivity contribution < 1.29 is 9.90 Å². The molecule has 3 nitrogen and oxygen atoms in total. The van der Waals surface area contributed by atoms with Crippen molar-refractivity contribution >= 4 is 16.7 Å². The van der Waals surface area contributed by atoms with Gasteiger partial charge in [0, 0.05) is 0 Å². The Balaban J connectivity index is 2.72. The average Bonchev–Trinajstić information content (AvgIpc) is 2.29. The Morgan fingerprint density at radius 1 is 1.19 bits per heavy atom. The number of nitrogens with two attached hydrogens (primary N) is 1. The Morgan fingerprint density at radius 3 is 2.44 bits per heavy atom.